The van der Waals surface area contributed by atoms with Crippen molar-refractivity contribution in [1.82, 2.24) is 5.06 Å². The first-order valence-electron chi connectivity index (χ1n) is 9.65. The number of hydrogen-bond acceptors (Lipinski definition) is 4. The van der Waals surface area contributed by atoms with Gasteiger partial charge in [0, 0.05) is 12.3 Å². The summed E-state index contributed by atoms with van der Waals surface area (Å²) in [7, 11) is 0. The van der Waals surface area contributed by atoms with Gasteiger partial charge in [-0.15, -0.1) is 0 Å². The average molecular weight is 340 g/mol. The molecule has 3 aliphatic rings. The molecule has 4 rings (SSSR count). The molecule has 0 aromatic heterocycles. The lowest BCUT2D eigenvalue weighted by Gasteiger charge is -2.30. The topological polar surface area (TPSA) is 44.7 Å². The predicted octanol–water partition coefficient (Wildman–Crippen LogP) is 4.15. The molecule has 1 heterocycles. The van der Waals surface area contributed by atoms with Gasteiger partial charge in [-0.1, -0.05) is 25.0 Å². The Labute approximate surface area is 150 Å². The van der Waals surface area contributed by atoms with Crippen LogP contribution in [0.3, 0.4) is 0 Å². The summed E-state index contributed by atoms with van der Waals surface area (Å²) in [4.78, 5) is 6.23. The van der Waals surface area contributed by atoms with E-state index in [1.807, 2.05) is 0 Å². The number of allylic oxidation sites excluding steroid dienone is 1. The van der Waals surface area contributed by atoms with E-state index >= 15 is 0 Å². The highest BCUT2D eigenvalue weighted by Gasteiger charge is 2.27. The van der Waals surface area contributed by atoms with Crippen molar-refractivity contribution >= 4 is 5.69 Å². The molecule has 1 saturated carbocycles. The zero-order valence-electron chi connectivity index (χ0n) is 14.8. The van der Waals surface area contributed by atoms with Crippen molar-refractivity contribution in [3.05, 3.63) is 52.9 Å². The molecule has 0 atom stereocenters. The number of nitrogens with zero attached hydrogens (tertiary/aromatic N) is 1. The molecule has 4 nitrogen and oxygen atoms in total. The molecular weight excluding hydrogens is 312 g/mol. The molecule has 25 heavy (non-hydrogen) atoms. The zero-order valence-corrected chi connectivity index (χ0v) is 14.8. The molecule has 1 aliphatic heterocycles. The number of nitrogens with one attached hydrogen (secondary N) is 1. The fourth-order valence-corrected chi connectivity index (χ4v) is 4.16. The number of benzene rings is 1. The highest BCUT2D eigenvalue weighted by atomic mass is 16.7. The third-order valence-electron chi connectivity index (χ3n) is 5.50. The lowest BCUT2D eigenvalue weighted by Crippen LogP contribution is -2.30. The highest BCUT2D eigenvalue weighted by molar-refractivity contribution is 5.56. The van der Waals surface area contributed by atoms with Gasteiger partial charge in [-0.25, -0.2) is 0 Å². The summed E-state index contributed by atoms with van der Waals surface area (Å²) in [6.45, 7) is 1.12. The first kappa shape index (κ1) is 16.7. The molecule has 1 aromatic carbocycles. The summed E-state index contributed by atoms with van der Waals surface area (Å²) in [6.07, 6.45) is 11.8. The molecule has 4 heteroatoms. The largest absolute Gasteiger partial charge is 0.396 e. The minimum atomic E-state index is 0.196. The summed E-state index contributed by atoms with van der Waals surface area (Å²) in [5.41, 5.74) is 6.45. The molecule has 2 aliphatic carbocycles. The molecule has 1 aromatic rings. The van der Waals surface area contributed by atoms with E-state index in [9.17, 15) is 0 Å². The number of hydroxylamine groups is 2. The summed E-state index contributed by atoms with van der Waals surface area (Å²) in [5, 5.41) is 14.7. The van der Waals surface area contributed by atoms with Crippen LogP contribution in [0.2, 0.25) is 0 Å². The van der Waals surface area contributed by atoms with Crippen LogP contribution in [-0.2, 0) is 11.3 Å². The molecule has 134 valence electrons. The van der Waals surface area contributed by atoms with Gasteiger partial charge in [0.2, 0.25) is 0 Å². The fraction of sp³-hybridized carbons (Fsp3) is 0.524. The van der Waals surface area contributed by atoms with Gasteiger partial charge in [0.25, 0.3) is 0 Å². The molecule has 0 amide bonds. The second-order valence-corrected chi connectivity index (χ2v) is 7.36. The SMILES string of the molecule is OCCc1ccc(NC2=CN(OC3CCCC3)CC3=C2CCC3)cc1. The summed E-state index contributed by atoms with van der Waals surface area (Å²) >= 11 is 0. The van der Waals surface area contributed by atoms with Crippen LogP contribution in [0.1, 0.15) is 50.5 Å². The van der Waals surface area contributed by atoms with Crippen molar-refractivity contribution < 1.29 is 9.94 Å². The van der Waals surface area contributed by atoms with Gasteiger partial charge in [-0.05, 0) is 67.4 Å². The lowest BCUT2D eigenvalue weighted by atomic mass is 10.0. The summed E-state index contributed by atoms with van der Waals surface area (Å²) < 4.78 is 0. The van der Waals surface area contributed by atoms with Crippen LogP contribution in [0.4, 0.5) is 5.69 Å². The molecule has 0 unspecified atom stereocenters. The first-order valence-corrected chi connectivity index (χ1v) is 9.65. The molecular formula is C21H28N2O2. The van der Waals surface area contributed by atoms with E-state index in [-0.39, 0.29) is 6.61 Å². The predicted molar refractivity (Wildman–Crippen MR) is 99.9 cm³/mol. The van der Waals surface area contributed by atoms with E-state index in [0.717, 1.165) is 24.2 Å². The van der Waals surface area contributed by atoms with Gasteiger partial charge in [0.1, 0.15) is 0 Å². The zero-order chi connectivity index (χ0) is 17.1. The standard InChI is InChI=1S/C21H28N2O2/c24-13-12-16-8-10-18(11-9-16)22-21-15-23(25-19-5-1-2-6-19)14-17-4-3-7-20(17)21/h8-11,15,19,22,24H,1-7,12-14H2. The molecule has 0 bridgehead atoms. The van der Waals surface area contributed by atoms with E-state index in [2.05, 4.69) is 40.8 Å². The van der Waals surface area contributed by atoms with Crippen molar-refractivity contribution in [2.45, 2.75) is 57.5 Å². The van der Waals surface area contributed by atoms with Crippen molar-refractivity contribution in [2.24, 2.45) is 0 Å². The smallest absolute Gasteiger partial charge is 0.0856 e. The molecule has 1 fully saturated rings. The van der Waals surface area contributed by atoms with Crippen molar-refractivity contribution in [3.8, 4) is 0 Å². The highest BCUT2D eigenvalue weighted by Crippen LogP contribution is 2.36. The van der Waals surface area contributed by atoms with Crippen LogP contribution in [-0.4, -0.2) is 29.4 Å². The minimum absolute atomic E-state index is 0.196. The monoisotopic (exact) mass is 340 g/mol. The summed E-state index contributed by atoms with van der Waals surface area (Å²) in [6, 6.07) is 8.35. The van der Waals surface area contributed by atoms with Crippen LogP contribution in [0.15, 0.2) is 47.3 Å². The van der Waals surface area contributed by atoms with Crippen molar-refractivity contribution in [2.75, 3.05) is 18.5 Å². The second-order valence-electron chi connectivity index (χ2n) is 7.36. The van der Waals surface area contributed by atoms with Crippen molar-refractivity contribution in [1.29, 1.82) is 0 Å². The lowest BCUT2D eigenvalue weighted by molar-refractivity contribution is -0.158. The molecule has 0 radical (unpaired) electrons. The number of anilines is 1. The van der Waals surface area contributed by atoms with E-state index in [1.165, 1.54) is 55.4 Å². The second kappa shape index (κ2) is 7.63. The number of aliphatic hydroxyl groups excluding tert-OH is 1. The first-order chi connectivity index (χ1) is 12.3. The van der Waals surface area contributed by atoms with Crippen LogP contribution < -0.4 is 5.32 Å². The van der Waals surface area contributed by atoms with Crippen molar-refractivity contribution in [3.63, 3.8) is 0 Å². The Morgan fingerprint density at radius 3 is 2.64 bits per heavy atom. The number of hydrogen-bond donors (Lipinski definition) is 2. The third-order valence-corrected chi connectivity index (χ3v) is 5.50. The van der Waals surface area contributed by atoms with Gasteiger partial charge in [-0.3, -0.25) is 9.90 Å². The quantitative estimate of drug-likeness (QED) is 0.817. The van der Waals surface area contributed by atoms with Crippen LogP contribution in [0.25, 0.3) is 0 Å². The number of rotatable bonds is 6. The third kappa shape index (κ3) is 3.91. The van der Waals surface area contributed by atoms with Crippen LogP contribution >= 0.6 is 0 Å². The van der Waals surface area contributed by atoms with Gasteiger partial charge in [-0.2, -0.15) is 0 Å². The van der Waals surface area contributed by atoms with E-state index in [4.69, 9.17) is 9.94 Å². The van der Waals surface area contributed by atoms with E-state index in [1.54, 1.807) is 0 Å². The normalized spacial score (nSPS) is 20.8. The Kier molecular flexibility index (Phi) is 5.09. The van der Waals surface area contributed by atoms with Gasteiger partial charge in [0.05, 0.1) is 24.5 Å². The Morgan fingerprint density at radius 1 is 1.08 bits per heavy atom. The summed E-state index contributed by atoms with van der Waals surface area (Å²) in [5.74, 6) is 0. The van der Waals surface area contributed by atoms with Gasteiger partial charge < -0.3 is 10.4 Å². The Bertz CT molecular complexity index is 657. The fourth-order valence-electron chi connectivity index (χ4n) is 4.16. The maximum atomic E-state index is 9.05. The molecule has 0 saturated heterocycles. The van der Waals surface area contributed by atoms with Gasteiger partial charge in [0.15, 0.2) is 0 Å². The Morgan fingerprint density at radius 2 is 1.88 bits per heavy atom. The minimum Gasteiger partial charge on any atom is -0.396 e. The Hall–Kier alpha value is -1.78. The van der Waals surface area contributed by atoms with Crippen LogP contribution in [0.5, 0.6) is 0 Å². The van der Waals surface area contributed by atoms with Crippen LogP contribution in [0, 0.1) is 0 Å². The van der Waals surface area contributed by atoms with E-state index in [0.29, 0.717) is 12.5 Å². The maximum absolute atomic E-state index is 9.05. The molecule has 0 spiro atoms. The molecule has 2 N–H and O–H groups in total. The van der Waals surface area contributed by atoms with E-state index < -0.39 is 0 Å². The average Bonchev–Trinajstić information content (AvgIpc) is 3.28. The van der Waals surface area contributed by atoms with Gasteiger partial charge >= 0.3 is 0 Å². The Balaban J connectivity index is 1.48. The number of aliphatic hydroxyl groups is 1. The maximum Gasteiger partial charge on any atom is 0.0856 e.